The van der Waals surface area contributed by atoms with Crippen LogP contribution in [0.4, 0.5) is 9.59 Å². The van der Waals surface area contributed by atoms with E-state index in [-0.39, 0.29) is 41.8 Å². The Labute approximate surface area is 170 Å². The lowest BCUT2D eigenvalue weighted by Gasteiger charge is -2.27. The number of piperidine rings is 1. The highest BCUT2D eigenvalue weighted by Gasteiger charge is 2.62. The van der Waals surface area contributed by atoms with E-state index in [2.05, 4.69) is 23.5 Å². The molecule has 2 aliphatic carbocycles. The first-order chi connectivity index (χ1) is 13.8. The average molecular weight is 403 g/mol. The van der Waals surface area contributed by atoms with Gasteiger partial charge in [-0.15, -0.1) is 0 Å². The number of carbonyl (C=O) groups is 3. The third kappa shape index (κ3) is 3.84. The molecule has 0 aromatic carbocycles. The Bertz CT molecular complexity index is 776. The van der Waals surface area contributed by atoms with E-state index >= 15 is 0 Å². The van der Waals surface area contributed by atoms with E-state index in [4.69, 9.17) is 9.47 Å². The molecular formula is C21H29N3O5. The third-order valence-electron chi connectivity index (χ3n) is 6.27. The molecule has 0 bridgehead atoms. The van der Waals surface area contributed by atoms with Crippen molar-refractivity contribution < 1.29 is 23.9 Å². The lowest BCUT2D eigenvalue weighted by atomic mass is 9.88. The van der Waals surface area contributed by atoms with Crippen molar-refractivity contribution in [3.05, 3.63) is 23.8 Å². The maximum Gasteiger partial charge on any atom is 0.410 e. The van der Waals surface area contributed by atoms with Crippen molar-refractivity contribution in [2.24, 2.45) is 11.3 Å². The molecule has 2 heterocycles. The molecule has 3 unspecified atom stereocenters. The molecule has 2 aliphatic heterocycles. The van der Waals surface area contributed by atoms with Crippen molar-refractivity contribution >= 4 is 18.1 Å². The van der Waals surface area contributed by atoms with Gasteiger partial charge in [-0.25, -0.2) is 9.59 Å². The van der Waals surface area contributed by atoms with Crippen molar-refractivity contribution in [3.63, 3.8) is 0 Å². The average Bonchev–Trinajstić information content (AvgIpc) is 3.04. The number of carbonyl (C=O) groups excluding carboxylic acids is 3. The van der Waals surface area contributed by atoms with Crippen molar-refractivity contribution in [2.75, 3.05) is 26.2 Å². The second kappa shape index (κ2) is 7.39. The molecule has 1 saturated carbocycles. The summed E-state index contributed by atoms with van der Waals surface area (Å²) in [7, 11) is 0. The lowest BCUT2D eigenvalue weighted by molar-refractivity contribution is -0.119. The molecule has 158 valence electrons. The smallest absolute Gasteiger partial charge is 0.410 e. The maximum atomic E-state index is 12.2. The van der Waals surface area contributed by atoms with Crippen LogP contribution in [-0.2, 0) is 14.3 Å². The molecule has 4 atom stereocenters. The summed E-state index contributed by atoms with van der Waals surface area (Å²) >= 11 is 0. The molecule has 1 N–H and O–H groups in total. The molecule has 0 aromatic heterocycles. The molecular weight excluding hydrogens is 374 g/mol. The fourth-order valence-electron chi connectivity index (χ4n) is 4.73. The number of nitrogens with one attached hydrogen (secondary N) is 1. The molecule has 8 nitrogen and oxygen atoms in total. The lowest BCUT2D eigenvalue weighted by Crippen LogP contribution is -2.38. The zero-order valence-electron chi connectivity index (χ0n) is 17.2. The minimum Gasteiger partial charge on any atom is -0.447 e. The summed E-state index contributed by atoms with van der Waals surface area (Å²) in [5.41, 5.74) is 1.32. The van der Waals surface area contributed by atoms with Crippen LogP contribution in [0.5, 0.6) is 0 Å². The number of hydrogen-bond donors (Lipinski definition) is 1. The van der Waals surface area contributed by atoms with E-state index < -0.39 is 0 Å². The summed E-state index contributed by atoms with van der Waals surface area (Å²) in [6.45, 7) is 7.43. The Morgan fingerprint density at radius 2 is 2.17 bits per heavy atom. The van der Waals surface area contributed by atoms with Crippen LogP contribution in [0.25, 0.3) is 0 Å². The Balaban J connectivity index is 1.33. The highest BCUT2D eigenvalue weighted by atomic mass is 16.6. The molecule has 8 heteroatoms. The number of nitrogens with zero attached hydrogens (tertiary/aromatic N) is 2. The first-order valence-electron chi connectivity index (χ1n) is 10.3. The Morgan fingerprint density at radius 1 is 1.38 bits per heavy atom. The van der Waals surface area contributed by atoms with Crippen molar-refractivity contribution in [1.82, 2.24) is 15.1 Å². The second-order valence-electron chi connectivity index (χ2n) is 8.79. The van der Waals surface area contributed by atoms with Crippen LogP contribution in [0.2, 0.25) is 0 Å². The van der Waals surface area contributed by atoms with Crippen molar-refractivity contribution in [3.8, 4) is 0 Å². The predicted octanol–water partition coefficient (Wildman–Crippen LogP) is 2.07. The molecule has 0 radical (unpaired) electrons. The van der Waals surface area contributed by atoms with Crippen LogP contribution < -0.4 is 5.32 Å². The predicted molar refractivity (Wildman–Crippen MR) is 105 cm³/mol. The maximum absolute atomic E-state index is 12.2. The van der Waals surface area contributed by atoms with Gasteiger partial charge in [-0.3, -0.25) is 9.69 Å². The van der Waals surface area contributed by atoms with E-state index in [1.54, 1.807) is 4.90 Å². The zero-order chi connectivity index (χ0) is 20.8. The highest BCUT2D eigenvalue weighted by Crippen LogP contribution is 2.63. The number of cyclic esters (lactones) is 1. The number of ether oxygens (including phenoxy) is 2. The Kier molecular flexibility index (Phi) is 5.04. The van der Waals surface area contributed by atoms with E-state index in [1.165, 1.54) is 12.5 Å². The summed E-state index contributed by atoms with van der Waals surface area (Å²) in [6.07, 6.45) is 7.23. The molecule has 29 heavy (non-hydrogen) atoms. The number of rotatable bonds is 5. The van der Waals surface area contributed by atoms with Crippen LogP contribution in [0.15, 0.2) is 23.8 Å². The number of allylic oxidation sites excluding steroid dienone is 1. The largest absolute Gasteiger partial charge is 0.447 e. The molecule has 4 aliphatic rings. The van der Waals surface area contributed by atoms with Gasteiger partial charge in [0, 0.05) is 25.4 Å². The van der Waals surface area contributed by atoms with Crippen molar-refractivity contribution in [1.29, 1.82) is 0 Å². The van der Waals surface area contributed by atoms with E-state index in [0.29, 0.717) is 25.6 Å². The fourth-order valence-corrected chi connectivity index (χ4v) is 4.73. The van der Waals surface area contributed by atoms with Gasteiger partial charge in [-0.2, -0.15) is 0 Å². The van der Waals surface area contributed by atoms with Crippen LogP contribution in [0, 0.1) is 11.3 Å². The molecule has 3 fully saturated rings. The third-order valence-corrected chi connectivity index (χ3v) is 6.27. The summed E-state index contributed by atoms with van der Waals surface area (Å²) in [5, 5.41) is 2.70. The summed E-state index contributed by atoms with van der Waals surface area (Å²) in [4.78, 5) is 39.0. The molecule has 0 aromatic rings. The standard InChI is InChI=1S/C21H29N3O5/c1-13(2)28-19(26)23-10-16-8-21(16,12-23)15-4-6-17(7-5-15)24-11-18(29-20(24)27)9-22-14(3)25/h4-6,13,16-18H,7-12H2,1-3H3,(H,22,25)/t16?,17?,18-,21?/m0/s1. The second-order valence-corrected chi connectivity index (χ2v) is 8.79. The van der Waals surface area contributed by atoms with Crippen LogP contribution in [-0.4, -0.2) is 72.3 Å². The van der Waals surface area contributed by atoms with E-state index in [1.807, 2.05) is 18.7 Å². The first-order valence-corrected chi connectivity index (χ1v) is 10.3. The van der Waals surface area contributed by atoms with Gasteiger partial charge in [-0.1, -0.05) is 18.2 Å². The summed E-state index contributed by atoms with van der Waals surface area (Å²) < 4.78 is 10.7. The minimum atomic E-state index is -0.335. The Morgan fingerprint density at radius 3 is 2.83 bits per heavy atom. The normalized spacial score (nSPS) is 32.8. The van der Waals surface area contributed by atoms with Crippen molar-refractivity contribution in [2.45, 2.75) is 51.9 Å². The van der Waals surface area contributed by atoms with E-state index in [0.717, 1.165) is 19.4 Å². The van der Waals surface area contributed by atoms with Gasteiger partial charge in [0.25, 0.3) is 0 Å². The summed E-state index contributed by atoms with van der Waals surface area (Å²) in [5.74, 6) is 0.360. The zero-order valence-corrected chi connectivity index (χ0v) is 17.2. The van der Waals surface area contributed by atoms with Gasteiger partial charge in [0.15, 0.2) is 0 Å². The quantitative estimate of drug-likeness (QED) is 0.759. The Hall–Kier alpha value is -2.51. The molecule has 2 saturated heterocycles. The highest BCUT2D eigenvalue weighted by molar-refractivity contribution is 5.73. The molecule has 3 amide bonds. The van der Waals surface area contributed by atoms with Gasteiger partial charge < -0.3 is 19.7 Å². The monoisotopic (exact) mass is 403 g/mol. The minimum absolute atomic E-state index is 0.0365. The van der Waals surface area contributed by atoms with Gasteiger partial charge in [-0.05, 0) is 38.2 Å². The molecule has 4 rings (SSSR count). The topological polar surface area (TPSA) is 88.2 Å². The van der Waals surface area contributed by atoms with Crippen LogP contribution in [0.3, 0.4) is 0 Å². The number of amides is 3. The first kappa shape index (κ1) is 19.8. The van der Waals surface area contributed by atoms with Gasteiger partial charge >= 0.3 is 12.2 Å². The van der Waals surface area contributed by atoms with Gasteiger partial charge in [0.05, 0.1) is 25.2 Å². The SMILES string of the molecule is CC(=O)NC[C@H]1CN(C2C=CC(C34CC3CN(C(=O)OC(C)C)C4)=CC2)C(=O)O1. The van der Waals surface area contributed by atoms with Gasteiger partial charge in [0.2, 0.25) is 5.91 Å². The van der Waals surface area contributed by atoms with Gasteiger partial charge in [0.1, 0.15) is 6.10 Å². The summed E-state index contributed by atoms with van der Waals surface area (Å²) in [6, 6.07) is -0.0365. The van der Waals surface area contributed by atoms with E-state index in [9.17, 15) is 14.4 Å². The molecule has 0 spiro atoms. The number of likely N-dealkylation sites (tertiary alicyclic amines) is 1. The fraction of sp³-hybridized carbons (Fsp3) is 0.667. The van der Waals surface area contributed by atoms with Crippen LogP contribution in [0.1, 0.15) is 33.6 Å². The number of hydrogen-bond acceptors (Lipinski definition) is 5. The van der Waals surface area contributed by atoms with Crippen LogP contribution >= 0.6 is 0 Å². The number of fused-ring (bicyclic) bond motifs is 1.